The number of hydrogen-bond donors (Lipinski definition) is 2. The summed E-state index contributed by atoms with van der Waals surface area (Å²) in [4.78, 5) is 21.5. The number of ether oxygens (including phenoxy) is 1. The van der Waals surface area contributed by atoms with Crippen LogP contribution in [0.3, 0.4) is 0 Å². The van der Waals surface area contributed by atoms with Gasteiger partial charge in [0.05, 0.1) is 22.8 Å². The lowest BCUT2D eigenvalue weighted by Crippen LogP contribution is -2.31. The molecule has 36 heavy (non-hydrogen) atoms. The molecule has 1 unspecified atom stereocenters. The standard InChI is InChI=1S/C25H36N6O4S/c1-5-8-20-22-23(31(4)29-20)25(32)28-24(27-22)19-16-18(10-11-21(19)35-15-6-2)36(33,34)26-13-12-17-9-7-14-30(17)3/h10-11,16-17,26H,5-9,12-15H2,1-4H3,(H,27,28,32)/i1D3,4D3,5D2,8D2,13D2. The SMILES string of the molecule is [2H]C([2H])(CC1CCCN1C)NS(=O)(=O)c1ccc(OCCC)c(-c2nc3c(C([2H])([2H])C([2H])([2H])C([2H])([2H])[2H])nn(C([2H])([2H])[2H])c3c(=O)[nH]2)c1. The quantitative estimate of drug-likeness (QED) is 0.392. The van der Waals surface area contributed by atoms with Crippen molar-refractivity contribution in [3.05, 3.63) is 34.2 Å². The minimum Gasteiger partial charge on any atom is -0.493 e. The van der Waals surface area contributed by atoms with Crippen molar-refractivity contribution >= 4 is 21.1 Å². The zero-order valence-electron chi connectivity index (χ0n) is 31.9. The van der Waals surface area contributed by atoms with Crippen LogP contribution >= 0.6 is 0 Å². The van der Waals surface area contributed by atoms with Crippen molar-refractivity contribution < 1.29 is 29.6 Å². The Morgan fingerprint density at radius 2 is 2.25 bits per heavy atom. The Hall–Kier alpha value is -2.76. The Morgan fingerprint density at radius 3 is 2.97 bits per heavy atom. The molecule has 0 saturated carbocycles. The van der Waals surface area contributed by atoms with Crippen molar-refractivity contribution in [2.75, 3.05) is 26.7 Å². The average Bonchev–Trinajstić information content (AvgIpc) is 3.54. The summed E-state index contributed by atoms with van der Waals surface area (Å²) in [5.41, 5.74) is -4.07. The fourth-order valence-corrected chi connectivity index (χ4v) is 4.96. The number of fused-ring (bicyclic) bond motifs is 1. The van der Waals surface area contributed by atoms with Gasteiger partial charge in [-0.3, -0.25) is 9.48 Å². The molecule has 0 bridgehead atoms. The summed E-state index contributed by atoms with van der Waals surface area (Å²) in [6, 6.07) is 3.22. The van der Waals surface area contributed by atoms with Crippen molar-refractivity contribution in [3.8, 4) is 17.1 Å². The molecule has 196 valence electrons. The molecule has 10 nitrogen and oxygen atoms in total. The summed E-state index contributed by atoms with van der Waals surface area (Å²) < 4.78 is 131. The van der Waals surface area contributed by atoms with Crippen LogP contribution in [-0.4, -0.2) is 65.8 Å². The zero-order valence-corrected chi connectivity index (χ0v) is 20.7. The average molecular weight is 529 g/mol. The van der Waals surface area contributed by atoms with Gasteiger partial charge in [-0.25, -0.2) is 18.1 Å². The maximum atomic E-state index is 13.5. The number of sulfonamides is 1. The first-order valence-corrected chi connectivity index (χ1v) is 12.9. The van der Waals surface area contributed by atoms with Crippen LogP contribution < -0.4 is 15.0 Å². The van der Waals surface area contributed by atoms with E-state index in [0.29, 0.717) is 12.8 Å². The number of nitrogens with one attached hydrogen (secondary N) is 2. The van der Waals surface area contributed by atoms with Crippen molar-refractivity contribution in [2.45, 2.75) is 63.1 Å². The van der Waals surface area contributed by atoms with E-state index >= 15 is 0 Å². The first-order valence-electron chi connectivity index (χ1n) is 17.4. The Kier molecular flexibility index (Phi) is 4.58. The fourth-order valence-electron chi connectivity index (χ4n) is 4.05. The van der Waals surface area contributed by atoms with Gasteiger partial charge in [0.1, 0.15) is 17.1 Å². The molecule has 1 saturated heterocycles. The van der Waals surface area contributed by atoms with Gasteiger partial charge in [0.25, 0.3) is 5.56 Å². The maximum Gasteiger partial charge on any atom is 0.277 e. The van der Waals surface area contributed by atoms with Gasteiger partial charge in [-0.15, -0.1) is 0 Å². The van der Waals surface area contributed by atoms with E-state index in [0.717, 1.165) is 25.1 Å². The lowest BCUT2D eigenvalue weighted by Gasteiger charge is -2.19. The highest BCUT2D eigenvalue weighted by atomic mass is 32.2. The summed E-state index contributed by atoms with van der Waals surface area (Å²) in [6.07, 6.45) is -5.26. The third kappa shape index (κ3) is 5.47. The smallest absolute Gasteiger partial charge is 0.277 e. The molecule has 1 aromatic carbocycles. The van der Waals surface area contributed by atoms with Gasteiger partial charge in [0, 0.05) is 36.0 Å². The van der Waals surface area contributed by atoms with E-state index in [9.17, 15) is 13.2 Å². The van der Waals surface area contributed by atoms with Crippen LogP contribution in [0.15, 0.2) is 27.9 Å². The van der Waals surface area contributed by atoms with Crippen LogP contribution in [-0.2, 0) is 23.4 Å². The van der Waals surface area contributed by atoms with Crippen LogP contribution in [0.2, 0.25) is 0 Å². The highest BCUT2D eigenvalue weighted by Crippen LogP contribution is 2.31. The lowest BCUT2D eigenvalue weighted by atomic mass is 10.1. The van der Waals surface area contributed by atoms with E-state index in [2.05, 4.69) is 19.8 Å². The van der Waals surface area contributed by atoms with Crippen molar-refractivity contribution in [2.24, 2.45) is 6.98 Å². The molecule has 1 aliphatic rings. The molecule has 0 aliphatic carbocycles. The molecule has 4 rings (SSSR count). The van der Waals surface area contributed by atoms with Crippen LogP contribution in [0.25, 0.3) is 22.4 Å². The van der Waals surface area contributed by atoms with Crippen LogP contribution in [0.1, 0.15) is 68.0 Å². The highest BCUT2D eigenvalue weighted by Gasteiger charge is 2.23. The summed E-state index contributed by atoms with van der Waals surface area (Å²) in [5, 5.41) is 3.65. The van der Waals surface area contributed by atoms with Gasteiger partial charge in [-0.2, -0.15) is 5.10 Å². The third-order valence-electron chi connectivity index (χ3n) is 5.91. The topological polar surface area (TPSA) is 122 Å². The van der Waals surface area contributed by atoms with Gasteiger partial charge < -0.3 is 14.6 Å². The number of hydrogen-bond acceptors (Lipinski definition) is 7. The largest absolute Gasteiger partial charge is 0.493 e. The lowest BCUT2D eigenvalue weighted by molar-refractivity contribution is 0.297. The number of aromatic amines is 1. The minimum atomic E-state index is -4.56. The van der Waals surface area contributed by atoms with E-state index in [1.54, 1.807) is 6.92 Å². The van der Waals surface area contributed by atoms with E-state index in [4.69, 9.17) is 21.2 Å². The third-order valence-corrected chi connectivity index (χ3v) is 7.19. The predicted molar refractivity (Wildman–Crippen MR) is 140 cm³/mol. The molecule has 1 fully saturated rings. The monoisotopic (exact) mass is 528 g/mol. The van der Waals surface area contributed by atoms with Crippen molar-refractivity contribution in [1.82, 2.24) is 29.4 Å². The zero-order chi connectivity index (χ0) is 36.3. The number of benzene rings is 1. The molecule has 0 amide bonds. The molecule has 3 heterocycles. The van der Waals surface area contributed by atoms with E-state index in [1.807, 2.05) is 11.9 Å². The Labute approximate surface area is 229 Å². The highest BCUT2D eigenvalue weighted by molar-refractivity contribution is 7.89. The molecule has 3 aromatic rings. The van der Waals surface area contributed by atoms with Gasteiger partial charge in [-0.05, 0) is 63.8 Å². The van der Waals surface area contributed by atoms with Gasteiger partial charge >= 0.3 is 0 Å². The molecule has 2 aromatic heterocycles. The second kappa shape index (κ2) is 11.1. The summed E-state index contributed by atoms with van der Waals surface area (Å²) in [6.45, 7) is -6.47. The summed E-state index contributed by atoms with van der Waals surface area (Å²) in [7, 11) is -2.74. The number of aryl methyl sites for hydroxylation is 2. The first kappa shape index (κ1) is 14.8. The van der Waals surface area contributed by atoms with Gasteiger partial charge in [0.15, 0.2) is 5.52 Å². The van der Waals surface area contributed by atoms with Crippen LogP contribution in [0, 0.1) is 0 Å². The normalized spacial score (nSPS) is 23.6. The molecule has 2 N–H and O–H groups in total. The Morgan fingerprint density at radius 1 is 1.39 bits per heavy atom. The number of H-pyrrole nitrogens is 1. The predicted octanol–water partition coefficient (Wildman–Crippen LogP) is 2.83. The summed E-state index contributed by atoms with van der Waals surface area (Å²) >= 11 is 0. The van der Waals surface area contributed by atoms with E-state index < -0.39 is 76.1 Å². The van der Waals surface area contributed by atoms with E-state index in [-0.39, 0.29) is 35.1 Å². The van der Waals surface area contributed by atoms with Gasteiger partial charge in [-0.1, -0.05) is 20.1 Å². The molecule has 11 heteroatoms. The molecule has 0 spiro atoms. The second-order valence-electron chi connectivity index (χ2n) is 8.39. The number of rotatable bonds is 11. The van der Waals surface area contributed by atoms with E-state index in [1.165, 1.54) is 6.07 Å². The Balaban J connectivity index is 1.93. The summed E-state index contributed by atoms with van der Waals surface area (Å²) in [5.74, 6) is -0.484. The van der Waals surface area contributed by atoms with Crippen molar-refractivity contribution in [1.29, 1.82) is 0 Å². The minimum absolute atomic E-state index is 0.0144. The second-order valence-corrected chi connectivity index (χ2v) is 10.1. The maximum absolute atomic E-state index is 13.5. The van der Waals surface area contributed by atoms with Crippen LogP contribution in [0.4, 0.5) is 0 Å². The molecule has 1 aliphatic heterocycles. The molecular formula is C25H36N6O4S. The van der Waals surface area contributed by atoms with Crippen molar-refractivity contribution in [3.63, 3.8) is 0 Å². The first-order chi connectivity index (χ1) is 21.8. The number of nitrogens with zero attached hydrogens (tertiary/aromatic N) is 4. The Bertz CT molecular complexity index is 1840. The number of likely N-dealkylation sites (tertiary alicyclic amines) is 1. The number of aromatic nitrogens is 4. The molecule has 1 atom stereocenters. The van der Waals surface area contributed by atoms with Crippen LogP contribution in [0.5, 0.6) is 5.75 Å². The van der Waals surface area contributed by atoms with Gasteiger partial charge in [0.2, 0.25) is 10.0 Å². The molecule has 0 radical (unpaired) electrons. The fraction of sp³-hybridized carbons (Fsp3) is 0.560. The molecular weight excluding hydrogens is 480 g/mol.